The molecule has 0 atom stereocenters. The minimum absolute atomic E-state index is 0.208. The molecule has 2 aromatic carbocycles. The van der Waals surface area contributed by atoms with Crippen molar-refractivity contribution in [2.24, 2.45) is 5.10 Å². The van der Waals surface area contributed by atoms with Crippen LogP contribution >= 0.6 is 0 Å². The predicted octanol–water partition coefficient (Wildman–Crippen LogP) is 2.71. The Kier molecular flexibility index (Phi) is 7.89. The molecule has 1 aliphatic rings. The zero-order valence-electron chi connectivity index (χ0n) is 17.4. The summed E-state index contributed by atoms with van der Waals surface area (Å²) in [6.07, 6.45) is 1.25. The fourth-order valence-corrected chi connectivity index (χ4v) is 4.61. The van der Waals surface area contributed by atoms with Gasteiger partial charge in [0.2, 0.25) is 15.9 Å². The second-order valence-electron chi connectivity index (χ2n) is 7.11. The topological polar surface area (TPSA) is 88.1 Å². The third-order valence-electron chi connectivity index (χ3n) is 5.00. The molecule has 1 saturated heterocycles. The minimum atomic E-state index is -3.53. The molecule has 0 radical (unpaired) electrons. The van der Waals surface area contributed by atoms with Gasteiger partial charge in [0, 0.05) is 19.5 Å². The first kappa shape index (κ1) is 23.1. The molecule has 1 amide bonds. The van der Waals surface area contributed by atoms with E-state index in [1.165, 1.54) is 16.4 Å². The number of carbonyl (C=O) groups excluding carboxylic acids is 1. The highest BCUT2D eigenvalue weighted by atomic mass is 32.2. The van der Waals surface area contributed by atoms with Crippen LogP contribution in [0.15, 0.2) is 58.5 Å². The molecule has 0 spiro atoms. The highest BCUT2D eigenvalue weighted by Gasteiger charge is 2.26. The van der Waals surface area contributed by atoms with Crippen molar-refractivity contribution in [1.29, 1.82) is 0 Å². The van der Waals surface area contributed by atoms with Crippen molar-refractivity contribution in [2.75, 3.05) is 26.3 Å². The van der Waals surface area contributed by atoms with E-state index in [1.54, 1.807) is 36.4 Å². The lowest BCUT2D eigenvalue weighted by Gasteiger charge is -2.26. The Hall–Kier alpha value is -2.62. The summed E-state index contributed by atoms with van der Waals surface area (Å²) in [5.41, 5.74) is 4.80. The number of nitrogens with zero attached hydrogens (tertiary/aromatic N) is 2. The van der Waals surface area contributed by atoms with Crippen molar-refractivity contribution in [3.63, 3.8) is 0 Å². The molecule has 1 heterocycles. The predicted molar refractivity (Wildman–Crippen MR) is 116 cm³/mol. The lowest BCUT2D eigenvalue weighted by molar-refractivity contribution is -0.121. The van der Waals surface area contributed by atoms with Gasteiger partial charge in [-0.2, -0.15) is 9.41 Å². The van der Waals surface area contributed by atoms with E-state index in [0.717, 1.165) is 11.1 Å². The lowest BCUT2D eigenvalue weighted by Crippen LogP contribution is -2.40. The van der Waals surface area contributed by atoms with Gasteiger partial charge in [-0.15, -0.1) is 0 Å². The highest BCUT2D eigenvalue weighted by molar-refractivity contribution is 7.89. The van der Waals surface area contributed by atoms with Gasteiger partial charge in [-0.3, -0.25) is 4.79 Å². The van der Waals surface area contributed by atoms with Crippen LogP contribution in [-0.4, -0.2) is 50.6 Å². The summed E-state index contributed by atoms with van der Waals surface area (Å²) in [6, 6.07) is 12.5. The summed E-state index contributed by atoms with van der Waals surface area (Å²) >= 11 is 0. The zero-order chi connectivity index (χ0) is 22.3. The first-order valence-corrected chi connectivity index (χ1v) is 11.6. The Labute approximate surface area is 182 Å². The smallest absolute Gasteiger partial charge is 0.243 e. The van der Waals surface area contributed by atoms with Crippen LogP contribution in [0, 0.1) is 5.82 Å². The molecule has 9 heteroatoms. The third kappa shape index (κ3) is 6.19. The maximum atomic E-state index is 13.1. The number of aryl methyl sites for hydroxylation is 1. The van der Waals surface area contributed by atoms with Crippen LogP contribution in [0.25, 0.3) is 0 Å². The SMILES string of the molecule is CC/C(=N\NC(=O)CCc1ccc(S(=O)(=O)N2CCOCC2)cc1)c1ccc(F)cc1. The lowest BCUT2D eigenvalue weighted by atomic mass is 10.1. The Morgan fingerprint density at radius 2 is 1.74 bits per heavy atom. The summed E-state index contributed by atoms with van der Waals surface area (Å²) in [6.45, 7) is 3.40. The molecular formula is C22H26FN3O4S. The highest BCUT2D eigenvalue weighted by Crippen LogP contribution is 2.18. The van der Waals surface area contributed by atoms with Crippen LogP contribution in [-0.2, 0) is 26.0 Å². The summed E-state index contributed by atoms with van der Waals surface area (Å²) in [5, 5.41) is 4.15. The van der Waals surface area contributed by atoms with Gasteiger partial charge in [-0.1, -0.05) is 31.2 Å². The molecule has 1 aliphatic heterocycles. The van der Waals surface area contributed by atoms with Gasteiger partial charge >= 0.3 is 0 Å². The van der Waals surface area contributed by atoms with Crippen molar-refractivity contribution >= 4 is 21.6 Å². The number of nitrogens with one attached hydrogen (secondary N) is 1. The standard InChI is InChI=1S/C22H26FN3O4S/c1-2-21(18-6-8-19(23)9-7-18)24-25-22(27)12-5-17-3-10-20(11-4-17)31(28,29)26-13-15-30-16-14-26/h3-4,6-11H,2,5,12-16H2,1H3,(H,25,27)/b24-21+. The van der Waals surface area contributed by atoms with Crippen LogP contribution in [0.4, 0.5) is 4.39 Å². The zero-order valence-corrected chi connectivity index (χ0v) is 18.2. The third-order valence-corrected chi connectivity index (χ3v) is 6.91. The van der Waals surface area contributed by atoms with Gasteiger partial charge in [0.1, 0.15) is 5.82 Å². The van der Waals surface area contributed by atoms with E-state index < -0.39 is 10.0 Å². The van der Waals surface area contributed by atoms with E-state index in [9.17, 15) is 17.6 Å². The summed E-state index contributed by atoms with van der Waals surface area (Å²) in [4.78, 5) is 12.4. The van der Waals surface area contributed by atoms with Gasteiger partial charge in [-0.05, 0) is 48.2 Å². The molecule has 0 saturated carbocycles. The molecule has 0 bridgehead atoms. The quantitative estimate of drug-likeness (QED) is 0.498. The minimum Gasteiger partial charge on any atom is -0.379 e. The van der Waals surface area contributed by atoms with Crippen LogP contribution in [0.2, 0.25) is 0 Å². The largest absolute Gasteiger partial charge is 0.379 e. The molecule has 7 nitrogen and oxygen atoms in total. The molecule has 0 aromatic heterocycles. The Morgan fingerprint density at radius 1 is 1.10 bits per heavy atom. The number of amides is 1. The number of carbonyl (C=O) groups is 1. The second kappa shape index (κ2) is 10.6. The van der Waals surface area contributed by atoms with Crippen LogP contribution in [0.1, 0.15) is 30.9 Å². The number of ether oxygens (including phenoxy) is 1. The maximum absolute atomic E-state index is 13.1. The number of hydrazone groups is 1. The van der Waals surface area contributed by atoms with Crippen molar-refractivity contribution < 1.29 is 22.3 Å². The van der Waals surface area contributed by atoms with Crippen molar-refractivity contribution in [1.82, 2.24) is 9.73 Å². The van der Waals surface area contributed by atoms with E-state index in [-0.39, 0.29) is 23.0 Å². The number of hydrogen-bond acceptors (Lipinski definition) is 5. The molecule has 0 unspecified atom stereocenters. The first-order chi connectivity index (χ1) is 14.9. The van der Waals surface area contributed by atoms with Gasteiger partial charge < -0.3 is 4.74 Å². The molecule has 1 N–H and O–H groups in total. The number of halogens is 1. The number of hydrogen-bond donors (Lipinski definition) is 1. The van der Waals surface area contributed by atoms with E-state index >= 15 is 0 Å². The average molecular weight is 448 g/mol. The summed E-state index contributed by atoms with van der Waals surface area (Å²) < 4.78 is 45.0. The Bertz CT molecular complexity index is 1020. The van der Waals surface area contributed by atoms with E-state index in [4.69, 9.17) is 4.74 Å². The van der Waals surface area contributed by atoms with Crippen molar-refractivity contribution in [3.05, 3.63) is 65.5 Å². The van der Waals surface area contributed by atoms with Crippen LogP contribution in [0.3, 0.4) is 0 Å². The van der Waals surface area contributed by atoms with Crippen LogP contribution in [0.5, 0.6) is 0 Å². The Balaban J connectivity index is 1.54. The monoisotopic (exact) mass is 447 g/mol. The van der Waals surface area contributed by atoms with Gasteiger partial charge in [0.15, 0.2) is 0 Å². The van der Waals surface area contributed by atoms with Gasteiger partial charge in [0.05, 0.1) is 23.8 Å². The number of morpholine rings is 1. The molecule has 31 heavy (non-hydrogen) atoms. The number of rotatable bonds is 8. The Morgan fingerprint density at radius 3 is 2.35 bits per heavy atom. The van der Waals surface area contributed by atoms with Crippen LogP contribution < -0.4 is 5.43 Å². The van der Waals surface area contributed by atoms with E-state index in [2.05, 4.69) is 10.5 Å². The fraction of sp³-hybridized carbons (Fsp3) is 0.364. The van der Waals surface area contributed by atoms with Crippen molar-refractivity contribution in [3.8, 4) is 0 Å². The maximum Gasteiger partial charge on any atom is 0.243 e. The molecule has 0 aliphatic carbocycles. The molecule has 1 fully saturated rings. The average Bonchev–Trinajstić information content (AvgIpc) is 2.80. The molecule has 166 valence electrons. The van der Waals surface area contributed by atoms with Gasteiger partial charge in [-0.25, -0.2) is 18.2 Å². The molecular weight excluding hydrogens is 421 g/mol. The summed E-state index contributed by atoms with van der Waals surface area (Å²) in [5.74, 6) is -0.579. The number of benzene rings is 2. The number of sulfonamides is 1. The van der Waals surface area contributed by atoms with Gasteiger partial charge in [0.25, 0.3) is 0 Å². The molecule has 3 rings (SSSR count). The second-order valence-corrected chi connectivity index (χ2v) is 9.05. The van der Waals surface area contributed by atoms with E-state index in [0.29, 0.717) is 44.9 Å². The summed E-state index contributed by atoms with van der Waals surface area (Å²) in [7, 11) is -3.53. The van der Waals surface area contributed by atoms with E-state index in [1.807, 2.05) is 6.92 Å². The normalized spacial score (nSPS) is 15.6. The van der Waals surface area contributed by atoms with Crippen molar-refractivity contribution in [2.45, 2.75) is 31.1 Å². The molecule has 2 aromatic rings. The fourth-order valence-electron chi connectivity index (χ4n) is 3.20. The first-order valence-electron chi connectivity index (χ1n) is 10.2.